The normalized spacial score (nSPS) is 19.1. The molecule has 2 aromatic rings. The van der Waals surface area contributed by atoms with Crippen molar-refractivity contribution < 1.29 is 9.59 Å². The minimum Gasteiger partial charge on any atom is -0.369 e. The van der Waals surface area contributed by atoms with E-state index >= 15 is 0 Å². The summed E-state index contributed by atoms with van der Waals surface area (Å²) in [5.74, 6) is -0.439. The molecule has 1 fully saturated rings. The van der Waals surface area contributed by atoms with E-state index in [2.05, 4.69) is 23.5 Å². The van der Waals surface area contributed by atoms with E-state index in [1.165, 1.54) is 0 Å². The maximum atomic E-state index is 13.1. The summed E-state index contributed by atoms with van der Waals surface area (Å²) in [6.45, 7) is 1.24. The molecule has 0 spiro atoms. The van der Waals surface area contributed by atoms with E-state index < -0.39 is 5.41 Å². The molecule has 1 aliphatic carbocycles. The minimum atomic E-state index is -0.942. The van der Waals surface area contributed by atoms with E-state index in [0.29, 0.717) is 19.5 Å². The van der Waals surface area contributed by atoms with Crippen molar-refractivity contribution in [3.8, 4) is 6.07 Å². The van der Waals surface area contributed by atoms with Crippen LogP contribution < -0.4 is 11.1 Å². The van der Waals surface area contributed by atoms with Crippen molar-refractivity contribution in [3.63, 3.8) is 0 Å². The molecule has 0 aromatic heterocycles. The quantitative estimate of drug-likeness (QED) is 0.704. The zero-order valence-electron chi connectivity index (χ0n) is 17.6. The highest BCUT2D eigenvalue weighted by Crippen LogP contribution is 2.42. The molecular weight excluding hydrogens is 388 g/mol. The van der Waals surface area contributed by atoms with Gasteiger partial charge in [-0.15, -0.1) is 0 Å². The molecule has 2 aliphatic rings. The number of likely N-dealkylation sites (tertiary alicyclic amines) is 1. The van der Waals surface area contributed by atoms with Crippen LogP contribution in [0, 0.1) is 11.3 Å². The van der Waals surface area contributed by atoms with Crippen LogP contribution >= 0.6 is 0 Å². The number of benzene rings is 2. The van der Waals surface area contributed by atoms with E-state index in [9.17, 15) is 14.9 Å². The lowest BCUT2D eigenvalue weighted by molar-refractivity contribution is -0.130. The highest BCUT2D eigenvalue weighted by Gasteiger charge is 2.43. The van der Waals surface area contributed by atoms with Crippen LogP contribution in [-0.4, -0.2) is 42.4 Å². The average molecular weight is 417 g/mol. The Morgan fingerprint density at radius 1 is 1.10 bits per heavy atom. The Hall–Kier alpha value is -3.17. The van der Waals surface area contributed by atoms with Crippen molar-refractivity contribution in [2.24, 2.45) is 5.73 Å². The first kappa shape index (κ1) is 21.1. The van der Waals surface area contributed by atoms with Crippen LogP contribution in [-0.2, 0) is 27.8 Å². The fourth-order valence-electron chi connectivity index (χ4n) is 5.15. The van der Waals surface area contributed by atoms with Crippen LogP contribution in [0.3, 0.4) is 0 Å². The SMILES string of the molecule is N#C[C@@H]1CCCN1C(=O)CNCCC1(C(N)=O)c2ccccc2CCc2ccccc21. The van der Waals surface area contributed by atoms with Gasteiger partial charge in [0, 0.05) is 6.54 Å². The smallest absolute Gasteiger partial charge is 0.237 e. The molecular formula is C25H28N4O2. The van der Waals surface area contributed by atoms with Crippen molar-refractivity contribution in [3.05, 3.63) is 70.8 Å². The fourth-order valence-corrected chi connectivity index (χ4v) is 5.15. The standard InChI is InChI=1S/C25H28N4O2/c26-16-20-8-5-15-29(20)23(30)17-28-14-13-25(24(27)31)21-9-3-1-6-18(21)11-12-19-7-2-4-10-22(19)25/h1-4,6-7,9-10,20,28H,5,8,11-15,17H2,(H2,27,31)/t20-/m0/s1. The van der Waals surface area contributed by atoms with Gasteiger partial charge in [-0.2, -0.15) is 5.26 Å². The Morgan fingerprint density at radius 2 is 1.71 bits per heavy atom. The van der Waals surface area contributed by atoms with Crippen LogP contribution in [0.5, 0.6) is 0 Å². The van der Waals surface area contributed by atoms with Crippen LogP contribution in [0.4, 0.5) is 0 Å². The third kappa shape index (κ3) is 3.82. The Bertz CT molecular complexity index is 979. The number of nitrogens with zero attached hydrogens (tertiary/aromatic N) is 2. The summed E-state index contributed by atoms with van der Waals surface area (Å²) in [5.41, 5.74) is 9.37. The first-order valence-corrected chi connectivity index (χ1v) is 10.9. The molecule has 0 bridgehead atoms. The lowest BCUT2D eigenvalue weighted by Crippen LogP contribution is -2.46. The molecule has 1 aliphatic heterocycles. The zero-order valence-corrected chi connectivity index (χ0v) is 17.6. The number of carbonyl (C=O) groups excluding carboxylic acids is 2. The molecule has 2 amide bonds. The molecule has 2 aromatic carbocycles. The number of hydrogen-bond acceptors (Lipinski definition) is 4. The van der Waals surface area contributed by atoms with Gasteiger partial charge in [-0.3, -0.25) is 9.59 Å². The van der Waals surface area contributed by atoms with Crippen molar-refractivity contribution in [1.29, 1.82) is 5.26 Å². The van der Waals surface area contributed by atoms with Gasteiger partial charge in [0.05, 0.1) is 12.6 Å². The maximum absolute atomic E-state index is 13.1. The van der Waals surface area contributed by atoms with Gasteiger partial charge in [-0.1, -0.05) is 48.5 Å². The molecule has 6 nitrogen and oxygen atoms in total. The second-order valence-corrected chi connectivity index (χ2v) is 8.38. The van der Waals surface area contributed by atoms with E-state index in [1.807, 2.05) is 36.4 Å². The Kier molecular flexibility index (Phi) is 6.06. The lowest BCUT2D eigenvalue weighted by atomic mass is 9.69. The number of amides is 2. The Labute approximate surface area is 183 Å². The molecule has 0 unspecified atom stereocenters. The van der Waals surface area contributed by atoms with E-state index in [1.54, 1.807) is 4.90 Å². The number of nitrogens with two attached hydrogens (primary N) is 1. The number of nitrogens with one attached hydrogen (secondary N) is 1. The van der Waals surface area contributed by atoms with E-state index in [-0.39, 0.29) is 24.4 Å². The van der Waals surface area contributed by atoms with Gasteiger partial charge in [-0.25, -0.2) is 0 Å². The third-order valence-corrected chi connectivity index (χ3v) is 6.71. The second-order valence-electron chi connectivity index (χ2n) is 8.38. The summed E-state index contributed by atoms with van der Waals surface area (Å²) in [7, 11) is 0. The van der Waals surface area contributed by atoms with Crippen molar-refractivity contribution in [1.82, 2.24) is 10.2 Å². The molecule has 31 heavy (non-hydrogen) atoms. The molecule has 1 heterocycles. The van der Waals surface area contributed by atoms with Crippen LogP contribution in [0.15, 0.2) is 48.5 Å². The topological polar surface area (TPSA) is 99.2 Å². The van der Waals surface area contributed by atoms with E-state index in [0.717, 1.165) is 47.9 Å². The van der Waals surface area contributed by atoms with Crippen molar-refractivity contribution in [2.45, 2.75) is 43.6 Å². The van der Waals surface area contributed by atoms with Gasteiger partial charge < -0.3 is 16.0 Å². The summed E-state index contributed by atoms with van der Waals surface area (Å²) in [6, 6.07) is 18.0. The molecule has 1 saturated heterocycles. The third-order valence-electron chi connectivity index (χ3n) is 6.71. The first-order chi connectivity index (χ1) is 15.1. The van der Waals surface area contributed by atoms with Gasteiger partial charge in [0.1, 0.15) is 11.5 Å². The minimum absolute atomic E-state index is 0.0705. The monoisotopic (exact) mass is 416 g/mol. The average Bonchev–Trinajstić information content (AvgIpc) is 3.22. The highest BCUT2D eigenvalue weighted by atomic mass is 16.2. The molecule has 4 rings (SSSR count). The number of aryl methyl sites for hydroxylation is 2. The molecule has 0 saturated carbocycles. The summed E-state index contributed by atoms with van der Waals surface area (Å²) < 4.78 is 0. The predicted molar refractivity (Wildman–Crippen MR) is 118 cm³/mol. The summed E-state index contributed by atoms with van der Waals surface area (Å²) in [5, 5.41) is 12.4. The predicted octanol–water partition coefficient (Wildman–Crippen LogP) is 2.05. The summed E-state index contributed by atoms with van der Waals surface area (Å²) in [4.78, 5) is 27.3. The van der Waals surface area contributed by atoms with Gasteiger partial charge >= 0.3 is 0 Å². The largest absolute Gasteiger partial charge is 0.369 e. The van der Waals surface area contributed by atoms with Crippen molar-refractivity contribution >= 4 is 11.8 Å². The van der Waals surface area contributed by atoms with Gasteiger partial charge in [-0.05, 0) is 60.9 Å². The van der Waals surface area contributed by atoms with Gasteiger partial charge in [0.25, 0.3) is 0 Å². The first-order valence-electron chi connectivity index (χ1n) is 10.9. The van der Waals surface area contributed by atoms with Crippen molar-refractivity contribution in [2.75, 3.05) is 19.6 Å². The van der Waals surface area contributed by atoms with Crippen LogP contribution in [0.1, 0.15) is 41.5 Å². The molecule has 160 valence electrons. The molecule has 1 atom stereocenters. The number of rotatable bonds is 6. The fraction of sp³-hybridized carbons (Fsp3) is 0.400. The van der Waals surface area contributed by atoms with Gasteiger partial charge in [0.15, 0.2) is 0 Å². The Balaban J connectivity index is 1.57. The van der Waals surface area contributed by atoms with Crippen LogP contribution in [0.25, 0.3) is 0 Å². The van der Waals surface area contributed by atoms with E-state index in [4.69, 9.17) is 5.73 Å². The zero-order chi connectivity index (χ0) is 21.8. The lowest BCUT2D eigenvalue weighted by Gasteiger charge is -2.33. The summed E-state index contributed by atoms with van der Waals surface area (Å²) in [6.07, 6.45) is 3.78. The number of primary amides is 1. The maximum Gasteiger partial charge on any atom is 0.237 e. The number of fused-ring (bicyclic) bond motifs is 2. The number of carbonyl (C=O) groups is 2. The molecule has 0 radical (unpaired) electrons. The van der Waals surface area contributed by atoms with Crippen LogP contribution in [0.2, 0.25) is 0 Å². The molecule has 3 N–H and O–H groups in total. The number of nitriles is 1. The molecule has 6 heteroatoms. The number of hydrogen-bond donors (Lipinski definition) is 2. The highest BCUT2D eigenvalue weighted by molar-refractivity contribution is 5.92. The summed E-state index contributed by atoms with van der Waals surface area (Å²) >= 11 is 0. The second kappa shape index (κ2) is 8.91. The Morgan fingerprint density at radius 3 is 2.29 bits per heavy atom. The van der Waals surface area contributed by atoms with Gasteiger partial charge in [0.2, 0.25) is 11.8 Å².